The van der Waals surface area contributed by atoms with Crippen molar-refractivity contribution in [1.29, 1.82) is 0 Å². The van der Waals surface area contributed by atoms with Crippen LogP contribution in [0, 0.1) is 5.82 Å². The van der Waals surface area contributed by atoms with E-state index in [1.165, 1.54) is 37.5 Å². The summed E-state index contributed by atoms with van der Waals surface area (Å²) in [4.78, 5) is 11.0. The van der Waals surface area contributed by atoms with Crippen molar-refractivity contribution in [3.63, 3.8) is 0 Å². The van der Waals surface area contributed by atoms with Crippen molar-refractivity contribution in [3.05, 3.63) is 35.7 Å². The number of ether oxygens (including phenoxy) is 3. The number of esters is 1. The maximum atomic E-state index is 13.2. The summed E-state index contributed by atoms with van der Waals surface area (Å²) in [6.07, 6.45) is 2.68. The zero-order chi connectivity index (χ0) is 13.9. The van der Waals surface area contributed by atoms with E-state index in [1.54, 1.807) is 0 Å². The zero-order valence-electron chi connectivity index (χ0n) is 10.8. The van der Waals surface area contributed by atoms with Crippen LogP contribution >= 0.6 is 0 Å². The Balaban J connectivity index is 2.12. The number of carbonyl (C=O) groups is 1. The minimum absolute atomic E-state index is 0.252. The first-order chi connectivity index (χ1) is 9.02. The van der Waals surface area contributed by atoms with Gasteiger partial charge in [-0.2, -0.15) is 0 Å². The molecule has 1 aromatic carbocycles. The molecule has 1 aliphatic rings. The van der Waals surface area contributed by atoms with Gasteiger partial charge in [0.1, 0.15) is 23.8 Å². The van der Waals surface area contributed by atoms with E-state index in [0.29, 0.717) is 24.5 Å². The van der Waals surface area contributed by atoms with Gasteiger partial charge in [-0.3, -0.25) is 0 Å². The SMILES string of the molecule is CO[13C](=O)C=Cc1cc(F)ccc1OC[C@]1(C)CO1. The van der Waals surface area contributed by atoms with Crippen molar-refractivity contribution in [2.75, 3.05) is 20.3 Å². The van der Waals surface area contributed by atoms with E-state index >= 15 is 0 Å². The van der Waals surface area contributed by atoms with Crippen LogP contribution in [0.3, 0.4) is 0 Å². The van der Waals surface area contributed by atoms with Gasteiger partial charge in [-0.15, -0.1) is 0 Å². The average Bonchev–Trinajstić information content (AvgIpc) is 3.13. The molecule has 0 unspecified atom stereocenters. The van der Waals surface area contributed by atoms with Gasteiger partial charge in [-0.05, 0) is 31.2 Å². The lowest BCUT2D eigenvalue weighted by molar-refractivity contribution is -0.134. The van der Waals surface area contributed by atoms with Crippen molar-refractivity contribution < 1.29 is 23.4 Å². The summed E-state index contributed by atoms with van der Waals surface area (Å²) in [7, 11) is 1.28. The van der Waals surface area contributed by atoms with Gasteiger partial charge in [0.05, 0.1) is 13.7 Å². The van der Waals surface area contributed by atoms with Crippen LogP contribution in [0.1, 0.15) is 12.5 Å². The highest BCUT2D eigenvalue weighted by Gasteiger charge is 2.40. The van der Waals surface area contributed by atoms with Crippen LogP contribution < -0.4 is 4.74 Å². The number of hydrogen-bond donors (Lipinski definition) is 0. The van der Waals surface area contributed by atoms with Gasteiger partial charge in [0.25, 0.3) is 0 Å². The predicted molar refractivity (Wildman–Crippen MR) is 67.3 cm³/mol. The number of carbonyl (C=O) groups excluding carboxylic acids is 1. The quantitative estimate of drug-likeness (QED) is 0.355. The highest BCUT2D eigenvalue weighted by atomic mass is 19.1. The van der Waals surface area contributed by atoms with Crippen LogP contribution in [0.15, 0.2) is 24.3 Å². The van der Waals surface area contributed by atoms with E-state index in [4.69, 9.17) is 9.47 Å². The van der Waals surface area contributed by atoms with E-state index in [9.17, 15) is 9.18 Å². The summed E-state index contributed by atoms with van der Waals surface area (Å²) in [5.41, 5.74) is 0.229. The fraction of sp³-hybridized carbons (Fsp3) is 0.357. The van der Waals surface area contributed by atoms with Gasteiger partial charge in [0.2, 0.25) is 0 Å². The van der Waals surface area contributed by atoms with Crippen molar-refractivity contribution >= 4 is 12.0 Å². The smallest absolute Gasteiger partial charge is 0.330 e. The Hall–Kier alpha value is -1.88. The second-order valence-corrected chi connectivity index (χ2v) is 4.57. The summed E-state index contributed by atoms with van der Waals surface area (Å²) < 4.78 is 28.5. The van der Waals surface area contributed by atoms with Crippen molar-refractivity contribution in [3.8, 4) is 5.75 Å². The van der Waals surface area contributed by atoms with E-state index in [0.717, 1.165) is 0 Å². The van der Waals surface area contributed by atoms with Gasteiger partial charge in [0.15, 0.2) is 0 Å². The molecule has 0 aliphatic carbocycles. The molecular formula is C14H15FO4. The maximum Gasteiger partial charge on any atom is 0.330 e. The fourth-order valence-electron chi connectivity index (χ4n) is 1.44. The normalized spacial score (nSPS) is 21.4. The molecule has 1 aliphatic heterocycles. The molecule has 4 nitrogen and oxygen atoms in total. The Morgan fingerprint density at radius 2 is 2.32 bits per heavy atom. The molecule has 1 saturated heterocycles. The molecule has 0 bridgehead atoms. The van der Waals surface area contributed by atoms with Crippen molar-refractivity contribution in [2.24, 2.45) is 0 Å². The highest BCUT2D eigenvalue weighted by Crippen LogP contribution is 2.28. The maximum absolute atomic E-state index is 13.2. The number of epoxide rings is 1. The van der Waals surface area contributed by atoms with Crippen LogP contribution in [-0.4, -0.2) is 31.9 Å². The molecule has 1 aromatic rings. The summed E-state index contributed by atoms with van der Waals surface area (Å²) in [6.45, 7) is 2.97. The first kappa shape index (κ1) is 13.5. The Labute approximate surface area is 110 Å². The number of halogens is 1. The first-order valence-corrected chi connectivity index (χ1v) is 5.85. The Morgan fingerprint density at radius 3 is 2.95 bits per heavy atom. The Morgan fingerprint density at radius 1 is 1.58 bits per heavy atom. The monoisotopic (exact) mass is 267 g/mol. The summed E-state index contributed by atoms with van der Waals surface area (Å²) in [5, 5.41) is 0. The van der Waals surface area contributed by atoms with Crippen molar-refractivity contribution in [2.45, 2.75) is 12.5 Å². The number of rotatable bonds is 5. The molecule has 1 atom stereocenters. The third-order valence-corrected chi connectivity index (χ3v) is 2.74. The molecular weight excluding hydrogens is 252 g/mol. The molecule has 5 heteroatoms. The molecule has 0 saturated carbocycles. The lowest BCUT2D eigenvalue weighted by atomic mass is 10.2. The topological polar surface area (TPSA) is 48.1 Å². The molecule has 102 valence electrons. The molecule has 1 heterocycles. The van der Waals surface area contributed by atoms with Crippen LogP contribution in [0.4, 0.5) is 4.39 Å². The summed E-state index contributed by atoms with van der Waals surface area (Å²) >= 11 is 0. The van der Waals surface area contributed by atoms with Gasteiger partial charge in [-0.1, -0.05) is 0 Å². The molecule has 2 rings (SSSR count). The predicted octanol–water partition coefficient (Wildman–Crippen LogP) is 2.18. The minimum Gasteiger partial charge on any atom is -0.490 e. The average molecular weight is 267 g/mol. The van der Waals surface area contributed by atoms with Crippen LogP contribution in [0.2, 0.25) is 0 Å². The van der Waals surface area contributed by atoms with Gasteiger partial charge in [-0.25, -0.2) is 9.18 Å². The van der Waals surface area contributed by atoms with Crippen LogP contribution in [0.25, 0.3) is 6.08 Å². The second-order valence-electron chi connectivity index (χ2n) is 4.57. The lowest BCUT2D eigenvalue weighted by Crippen LogP contribution is -2.17. The second kappa shape index (κ2) is 5.40. The number of hydrogen-bond acceptors (Lipinski definition) is 4. The largest absolute Gasteiger partial charge is 0.490 e. The van der Waals surface area contributed by atoms with E-state index in [-0.39, 0.29) is 5.60 Å². The van der Waals surface area contributed by atoms with E-state index in [2.05, 4.69) is 4.74 Å². The molecule has 1 fully saturated rings. The molecule has 0 aromatic heterocycles. The molecule has 0 radical (unpaired) electrons. The molecule has 0 amide bonds. The van der Waals surface area contributed by atoms with Gasteiger partial charge in [0, 0.05) is 11.6 Å². The lowest BCUT2D eigenvalue weighted by Gasteiger charge is -2.11. The van der Waals surface area contributed by atoms with E-state index in [1.807, 2.05) is 6.92 Å². The van der Waals surface area contributed by atoms with Gasteiger partial charge >= 0.3 is 5.97 Å². The van der Waals surface area contributed by atoms with Crippen molar-refractivity contribution in [1.82, 2.24) is 0 Å². The van der Waals surface area contributed by atoms with Crippen LogP contribution in [-0.2, 0) is 14.3 Å². The van der Waals surface area contributed by atoms with Gasteiger partial charge < -0.3 is 14.2 Å². The molecule has 19 heavy (non-hydrogen) atoms. The summed E-state index contributed by atoms with van der Waals surface area (Å²) in [6, 6.07) is 4.13. The van der Waals surface area contributed by atoms with Crippen LogP contribution in [0.5, 0.6) is 5.75 Å². The standard InChI is InChI=1S/C14H15FO4/c1-14(9-19-14)8-18-12-5-4-11(15)7-10(12)3-6-13(16)17-2/h3-7H,8-9H2,1-2H3/t14-/m1/s1/i13+1. The van der Waals surface area contributed by atoms with E-state index < -0.39 is 11.8 Å². The molecule has 0 spiro atoms. The molecule has 0 N–H and O–H groups in total. The minimum atomic E-state index is -0.507. The Bertz CT molecular complexity index is 506. The first-order valence-electron chi connectivity index (χ1n) is 5.85. The third kappa shape index (κ3) is 3.79. The third-order valence-electron chi connectivity index (χ3n) is 2.74. The Kier molecular flexibility index (Phi) is 3.85. The zero-order valence-corrected chi connectivity index (χ0v) is 10.8. The highest BCUT2D eigenvalue weighted by molar-refractivity contribution is 5.87. The number of methoxy groups -OCH3 is 1. The number of benzene rings is 1. The fourth-order valence-corrected chi connectivity index (χ4v) is 1.44. The summed E-state index contributed by atoms with van der Waals surface area (Å²) in [5.74, 6) is -0.406.